The maximum absolute atomic E-state index is 11.7. The van der Waals surface area contributed by atoms with Gasteiger partial charge in [-0.2, -0.15) is 23.5 Å². The Kier molecular flexibility index (Phi) is 24.4. The Labute approximate surface area is 475 Å². The van der Waals surface area contributed by atoms with E-state index >= 15 is 0 Å². The number of nitrogens with two attached hydrogens (primary N) is 1. The molecule has 0 aromatic carbocycles. The van der Waals surface area contributed by atoms with Crippen LogP contribution in [0.25, 0.3) is 0 Å². The number of rotatable bonds is 12. The normalized spacial score (nSPS) is 52.7. The van der Waals surface area contributed by atoms with Crippen LogP contribution in [0.2, 0.25) is 0 Å². The number of hydrogen-bond acceptors (Lipinski definition) is 36. The van der Waals surface area contributed by atoms with E-state index in [1.807, 2.05) is 0 Å². The van der Waals surface area contributed by atoms with Crippen molar-refractivity contribution in [2.75, 3.05) is 62.6 Å². The fourth-order valence-corrected chi connectivity index (χ4v) is 12.5. The van der Waals surface area contributed by atoms with Crippen molar-refractivity contribution in [1.29, 1.82) is 0 Å². The summed E-state index contributed by atoms with van der Waals surface area (Å²) in [6, 6.07) is 0. The maximum Gasteiger partial charge on any atom is 0.187 e. The second-order valence-corrected chi connectivity index (χ2v) is 23.3. The lowest BCUT2D eigenvalue weighted by Crippen LogP contribution is -2.68. The first-order chi connectivity index (χ1) is 39.2. The highest BCUT2D eigenvalue weighted by atomic mass is 32.2. The van der Waals surface area contributed by atoms with Gasteiger partial charge in [-0.25, -0.2) is 0 Å². The molecule has 21 N–H and O–H groups in total. The van der Waals surface area contributed by atoms with Crippen LogP contribution in [-0.2, 0) is 66.3 Å². The SMILES string of the molecule is CCSCC1O[C@@H]2O[C@@H]3C(CO)O[C@@H](O[C@@H]4C(CO)O[C@@H](O[C@@H]5C(CSCCN)O[C@@H](O[C@@H]6C(CO)O[C@H](O[C@@H]7C(CO)O[C@H](O[C@@H]8C(CO)O[C@H](O[C@H]1[C@H](O)C2O)C(O)[C@H]8O)C(O)[C@H]7O)C(O)[C@H]6O)C(O)[C@H]5O)C(O)[C@H]4O)C(O)[C@H]3O. The summed E-state index contributed by atoms with van der Waals surface area (Å²) >= 11 is 2.40. The first-order valence-corrected chi connectivity index (χ1v) is 29.1. The molecule has 0 saturated carbocycles. The second-order valence-electron chi connectivity index (χ2n) is 20.8. The molecule has 0 spiro atoms. The van der Waals surface area contributed by atoms with Gasteiger partial charge in [-0.3, -0.25) is 0 Å². The Morgan fingerprint density at radius 1 is 0.268 bits per heavy atom. The van der Waals surface area contributed by atoms with Crippen molar-refractivity contribution in [3.05, 3.63) is 0 Å². The summed E-state index contributed by atoms with van der Waals surface area (Å²) in [5, 5.41) is 213. The lowest BCUT2D eigenvalue weighted by Gasteiger charge is -2.50. The van der Waals surface area contributed by atoms with Crippen molar-refractivity contribution < 1.29 is 163 Å². The summed E-state index contributed by atoms with van der Waals surface area (Å²) in [6.07, 6.45) is -66.8. The van der Waals surface area contributed by atoms with Crippen molar-refractivity contribution in [1.82, 2.24) is 0 Å². The van der Waals surface area contributed by atoms with Crippen molar-refractivity contribution in [3.8, 4) is 0 Å². The van der Waals surface area contributed by atoms with Crippen LogP contribution >= 0.6 is 23.5 Å². The van der Waals surface area contributed by atoms with Gasteiger partial charge < -0.3 is 169 Å². The molecule has 478 valence electrons. The monoisotopic (exact) mass is 1240 g/mol. The molecule has 21 heterocycles. The third-order valence-electron chi connectivity index (χ3n) is 15.5. The molecule has 0 radical (unpaired) electrons. The van der Waals surface area contributed by atoms with Gasteiger partial charge in [0.2, 0.25) is 0 Å². The van der Waals surface area contributed by atoms with Gasteiger partial charge in [-0.1, -0.05) is 6.92 Å². The molecule has 0 aromatic heterocycles. The molecular formula is C46H79NO33S2. The Hall–Kier alpha value is -0.660. The van der Waals surface area contributed by atoms with E-state index in [-0.39, 0.29) is 18.1 Å². The first kappa shape index (κ1) is 67.3. The van der Waals surface area contributed by atoms with E-state index in [4.69, 9.17) is 72.0 Å². The van der Waals surface area contributed by atoms with Gasteiger partial charge in [0.1, 0.15) is 159 Å². The van der Waals surface area contributed by atoms with Crippen LogP contribution in [0.3, 0.4) is 0 Å². The standard InChI is InChI=1S/C46H79NO33S2/c1-2-81-10-17-38-24(58)31(65)45(72-17)77-36-15(8-51)68-42(27(61)20(36)54)76-35-14(7-50)71-44(30(64)23(35)57)80-39-18(11-82-4-3-47)73-46(32(66)25(39)59)78-37-16(9-52)69-41(28(62)21(37)55)74-33-12(5-48)67-40(26(60)19(33)53)75-34-13(6-49)70-43(79-38)29(63)22(34)56/h12-46,48-66H,2-11,47H2,1H3/t12?,13?,14?,15?,16?,17?,18?,19-,20-,21-,22-,23-,24-,25-,26?,27?,28?,29?,30?,31?,32?,33-,34-,35-,36-,37-,38-,39-,40-,41-,42+,43-,44+,45-,46+/m1/s1. The minimum atomic E-state index is -2.17. The third-order valence-corrected chi connectivity index (χ3v) is 17.5. The number of thioether (sulfide) groups is 2. The molecule has 21 fully saturated rings. The second kappa shape index (κ2) is 29.8. The quantitative estimate of drug-likeness (QED) is 0.0807. The zero-order chi connectivity index (χ0) is 59.6. The molecule has 21 rings (SSSR count). The molecule has 21 saturated heterocycles. The molecule has 82 heavy (non-hydrogen) atoms. The Morgan fingerprint density at radius 3 is 0.634 bits per heavy atom. The molecular weight excluding hydrogens is 1160 g/mol. The van der Waals surface area contributed by atoms with Crippen molar-refractivity contribution in [2.24, 2.45) is 5.73 Å². The van der Waals surface area contributed by atoms with Gasteiger partial charge in [0.15, 0.2) is 44.0 Å². The molecule has 36 heteroatoms. The predicted octanol–water partition coefficient (Wildman–Crippen LogP) is -12.8. The molecule has 0 amide bonds. The first-order valence-electron chi connectivity index (χ1n) is 26.8. The van der Waals surface area contributed by atoms with Crippen LogP contribution in [0.5, 0.6) is 0 Å². The molecule has 21 aliphatic rings. The van der Waals surface area contributed by atoms with E-state index in [1.165, 1.54) is 11.8 Å². The Bertz CT molecular complexity index is 1930. The lowest BCUT2D eigenvalue weighted by atomic mass is 9.95. The smallest absolute Gasteiger partial charge is 0.187 e. The van der Waals surface area contributed by atoms with Crippen molar-refractivity contribution in [3.63, 3.8) is 0 Å². The highest BCUT2D eigenvalue weighted by Crippen LogP contribution is 2.39. The van der Waals surface area contributed by atoms with E-state index < -0.39 is 248 Å². The predicted molar refractivity (Wildman–Crippen MR) is 264 cm³/mol. The van der Waals surface area contributed by atoms with E-state index in [9.17, 15) is 97.0 Å². The van der Waals surface area contributed by atoms with E-state index in [0.29, 0.717) is 11.5 Å². The number of ether oxygens (including phenoxy) is 14. The van der Waals surface area contributed by atoms with Gasteiger partial charge in [0, 0.05) is 23.8 Å². The summed E-state index contributed by atoms with van der Waals surface area (Å²) in [5.74, 6) is 0.629. The fourth-order valence-electron chi connectivity index (χ4n) is 10.9. The molecule has 34 nitrogen and oxygen atoms in total. The Balaban J connectivity index is 1.10. The third kappa shape index (κ3) is 14.0. The number of aliphatic hydroxyl groups excluding tert-OH is 19. The Morgan fingerprint density at radius 2 is 0.451 bits per heavy atom. The van der Waals surface area contributed by atoms with Crippen LogP contribution in [0.4, 0.5) is 0 Å². The lowest BCUT2D eigenvalue weighted by molar-refractivity contribution is -0.395. The van der Waals surface area contributed by atoms with E-state index in [0.717, 1.165) is 11.8 Å². The topological polar surface area (TPSA) is 540 Å². The minimum absolute atomic E-state index is 0.0300. The summed E-state index contributed by atoms with van der Waals surface area (Å²) in [7, 11) is 0. The molecule has 14 bridgehead atoms. The van der Waals surface area contributed by atoms with E-state index in [2.05, 4.69) is 0 Å². The molecule has 21 aliphatic heterocycles. The van der Waals surface area contributed by atoms with E-state index in [1.54, 1.807) is 6.92 Å². The summed E-state index contributed by atoms with van der Waals surface area (Å²) in [5.41, 5.74) is 5.71. The highest BCUT2D eigenvalue weighted by Gasteiger charge is 2.59. The summed E-state index contributed by atoms with van der Waals surface area (Å²) in [4.78, 5) is 0. The van der Waals surface area contributed by atoms with Crippen molar-refractivity contribution >= 4 is 23.5 Å². The zero-order valence-electron chi connectivity index (χ0n) is 43.9. The van der Waals surface area contributed by atoms with Crippen LogP contribution < -0.4 is 5.73 Å². The van der Waals surface area contributed by atoms with Gasteiger partial charge in [-0.05, 0) is 5.75 Å². The van der Waals surface area contributed by atoms with Crippen molar-refractivity contribution in [2.45, 2.75) is 222 Å². The van der Waals surface area contributed by atoms with Crippen LogP contribution in [0.15, 0.2) is 0 Å². The van der Waals surface area contributed by atoms with Gasteiger partial charge in [-0.15, -0.1) is 0 Å². The van der Waals surface area contributed by atoms with Gasteiger partial charge in [0.05, 0.1) is 45.2 Å². The highest BCUT2D eigenvalue weighted by molar-refractivity contribution is 7.99. The molecule has 0 aromatic rings. The molecule has 14 unspecified atom stereocenters. The number of hydrogen-bond donors (Lipinski definition) is 20. The fraction of sp³-hybridized carbons (Fsp3) is 1.00. The van der Waals surface area contributed by atoms with Crippen LogP contribution in [0.1, 0.15) is 6.92 Å². The van der Waals surface area contributed by atoms with Gasteiger partial charge in [0.25, 0.3) is 0 Å². The molecule has 0 aliphatic carbocycles. The zero-order valence-corrected chi connectivity index (χ0v) is 45.5. The number of aliphatic hydroxyl groups is 19. The summed E-state index contributed by atoms with van der Waals surface area (Å²) in [6.45, 7) is -3.06. The molecule has 35 atom stereocenters. The minimum Gasteiger partial charge on any atom is -0.394 e. The van der Waals surface area contributed by atoms with Crippen LogP contribution in [-0.4, -0.2) is 375 Å². The summed E-state index contributed by atoms with van der Waals surface area (Å²) < 4.78 is 82.2. The largest absolute Gasteiger partial charge is 0.394 e. The average Bonchev–Trinajstić information content (AvgIpc) is 3.57. The average molecular weight is 1240 g/mol. The van der Waals surface area contributed by atoms with Gasteiger partial charge >= 0.3 is 0 Å². The maximum atomic E-state index is 11.7. The van der Waals surface area contributed by atoms with Crippen LogP contribution in [0, 0.1) is 0 Å².